The third kappa shape index (κ3) is 8.00. The van der Waals surface area contributed by atoms with Gasteiger partial charge in [-0.05, 0) is 63.9 Å². The highest BCUT2D eigenvalue weighted by Gasteiger charge is 2.29. The molecule has 0 bridgehead atoms. The van der Waals surface area contributed by atoms with Crippen molar-refractivity contribution in [3.63, 3.8) is 0 Å². The van der Waals surface area contributed by atoms with Gasteiger partial charge in [0.05, 0.1) is 11.9 Å². The van der Waals surface area contributed by atoms with E-state index in [1.807, 2.05) is 26.8 Å². The number of nitrogens with zero attached hydrogens (tertiary/aromatic N) is 2. The molecule has 2 aromatic carbocycles. The molecule has 0 spiro atoms. The number of hydrogen-bond acceptors (Lipinski definition) is 6. The van der Waals surface area contributed by atoms with Crippen LogP contribution in [0.3, 0.4) is 0 Å². The number of carbonyl (C=O) groups excluding carboxylic acids is 2. The Morgan fingerprint density at radius 2 is 1.81 bits per heavy atom. The molecular formula is C26H34ClN3O6S. The quantitative estimate of drug-likeness (QED) is 0.479. The summed E-state index contributed by atoms with van der Waals surface area (Å²) in [5.74, 6) is 0.469. The zero-order chi connectivity index (χ0) is 27.4. The summed E-state index contributed by atoms with van der Waals surface area (Å²) in [4.78, 5) is 27.8. The van der Waals surface area contributed by atoms with Gasteiger partial charge in [0.1, 0.15) is 6.04 Å². The van der Waals surface area contributed by atoms with Gasteiger partial charge in [0.25, 0.3) is 0 Å². The molecule has 3 rings (SSSR count). The molecule has 1 atom stereocenters. The fourth-order valence-corrected chi connectivity index (χ4v) is 5.10. The van der Waals surface area contributed by atoms with Crippen molar-refractivity contribution in [2.24, 2.45) is 0 Å². The molecule has 202 valence electrons. The van der Waals surface area contributed by atoms with Gasteiger partial charge in [-0.1, -0.05) is 23.7 Å². The highest BCUT2D eigenvalue weighted by atomic mass is 35.5. The largest absolute Gasteiger partial charge is 0.454 e. The van der Waals surface area contributed by atoms with Gasteiger partial charge in [-0.2, -0.15) is 0 Å². The number of amides is 2. The molecule has 0 radical (unpaired) electrons. The maximum Gasteiger partial charge on any atom is 0.242 e. The summed E-state index contributed by atoms with van der Waals surface area (Å²) in [7, 11) is -3.62. The average Bonchev–Trinajstić information content (AvgIpc) is 3.25. The number of sulfonamides is 1. The van der Waals surface area contributed by atoms with Gasteiger partial charge in [0.2, 0.25) is 28.6 Å². The fourth-order valence-electron chi connectivity index (χ4n) is 3.93. The molecule has 1 N–H and O–H groups in total. The first-order valence-corrected chi connectivity index (χ1v) is 14.2. The molecule has 0 saturated carbocycles. The Labute approximate surface area is 223 Å². The predicted octanol–water partition coefficient (Wildman–Crippen LogP) is 3.95. The van der Waals surface area contributed by atoms with Crippen LogP contribution in [0.4, 0.5) is 5.69 Å². The summed E-state index contributed by atoms with van der Waals surface area (Å²) in [6.45, 7) is 7.65. The molecular weight excluding hydrogens is 518 g/mol. The van der Waals surface area contributed by atoms with Crippen molar-refractivity contribution in [2.45, 2.75) is 58.7 Å². The van der Waals surface area contributed by atoms with Crippen molar-refractivity contribution in [2.75, 3.05) is 23.9 Å². The first kappa shape index (κ1) is 28.6. The second-order valence-corrected chi connectivity index (χ2v) is 12.4. The lowest BCUT2D eigenvalue weighted by molar-refractivity contribution is -0.141. The number of rotatable bonds is 10. The Morgan fingerprint density at radius 3 is 2.46 bits per heavy atom. The lowest BCUT2D eigenvalue weighted by atomic mass is 10.1. The van der Waals surface area contributed by atoms with Gasteiger partial charge >= 0.3 is 0 Å². The Balaban J connectivity index is 1.74. The van der Waals surface area contributed by atoms with Gasteiger partial charge in [-0.25, -0.2) is 8.42 Å². The number of fused-ring (bicyclic) bond motifs is 1. The zero-order valence-corrected chi connectivity index (χ0v) is 23.4. The maximum absolute atomic E-state index is 13.4. The first-order valence-electron chi connectivity index (χ1n) is 12.0. The van der Waals surface area contributed by atoms with E-state index >= 15 is 0 Å². The highest BCUT2D eigenvalue weighted by molar-refractivity contribution is 7.92. The summed E-state index contributed by atoms with van der Waals surface area (Å²) in [5.41, 5.74) is 0.749. The Bertz CT molecular complexity index is 1250. The molecule has 1 heterocycles. The molecule has 9 nitrogen and oxygen atoms in total. The summed E-state index contributed by atoms with van der Waals surface area (Å²) in [5, 5.41) is 3.45. The minimum atomic E-state index is -3.62. The van der Waals surface area contributed by atoms with Crippen molar-refractivity contribution < 1.29 is 27.5 Å². The van der Waals surface area contributed by atoms with Crippen LogP contribution in [0, 0.1) is 0 Å². The molecule has 2 aromatic rings. The van der Waals surface area contributed by atoms with E-state index in [0.29, 0.717) is 22.2 Å². The van der Waals surface area contributed by atoms with Gasteiger partial charge in [0, 0.05) is 36.1 Å². The molecule has 1 aliphatic heterocycles. The minimum Gasteiger partial charge on any atom is -0.454 e. The summed E-state index contributed by atoms with van der Waals surface area (Å²) in [6.07, 6.45) is 1.41. The van der Waals surface area contributed by atoms with Crippen LogP contribution in [0.25, 0.3) is 0 Å². The van der Waals surface area contributed by atoms with Crippen LogP contribution >= 0.6 is 11.6 Å². The van der Waals surface area contributed by atoms with Crippen LogP contribution in [0.1, 0.15) is 46.1 Å². The van der Waals surface area contributed by atoms with Gasteiger partial charge in [0.15, 0.2) is 11.5 Å². The third-order valence-corrected chi connectivity index (χ3v) is 7.13. The SMILES string of the molecule is C[C@@H](C(=O)NC(C)(C)C)N(Cc1cccc(Cl)c1)C(=O)CCCN(c1ccc2c(c1)OCO2)S(C)(=O)=O. The van der Waals surface area contributed by atoms with E-state index in [2.05, 4.69) is 5.32 Å². The predicted molar refractivity (Wildman–Crippen MR) is 143 cm³/mol. The first-order chi connectivity index (χ1) is 17.2. The van der Waals surface area contributed by atoms with Crippen LogP contribution < -0.4 is 19.1 Å². The standard InChI is InChI=1S/C26H34ClN3O6S/c1-18(25(32)28-26(2,3)4)29(16-19-8-6-9-20(27)14-19)24(31)10-7-13-30(37(5,33)34)21-11-12-22-23(15-21)36-17-35-22/h6,8-9,11-12,14-15,18H,7,10,13,16-17H2,1-5H3,(H,28,32)/t18-/m0/s1. The molecule has 0 aliphatic carbocycles. The van der Waals surface area contributed by atoms with Crippen molar-refractivity contribution >= 4 is 39.1 Å². The molecule has 1 aliphatic rings. The molecule has 0 saturated heterocycles. The van der Waals surface area contributed by atoms with E-state index in [1.165, 1.54) is 9.21 Å². The number of anilines is 1. The molecule has 2 amide bonds. The Hall–Kier alpha value is -2.98. The van der Waals surface area contributed by atoms with E-state index in [9.17, 15) is 18.0 Å². The van der Waals surface area contributed by atoms with Crippen molar-refractivity contribution in [3.8, 4) is 11.5 Å². The lowest BCUT2D eigenvalue weighted by Gasteiger charge is -2.32. The number of hydrogen-bond donors (Lipinski definition) is 1. The van der Waals surface area contributed by atoms with Crippen LogP contribution in [-0.2, 0) is 26.2 Å². The normalized spacial score (nSPS) is 13.7. The second-order valence-electron chi connectivity index (χ2n) is 10.0. The number of halogens is 1. The van der Waals surface area contributed by atoms with Crippen LogP contribution in [-0.4, -0.2) is 56.3 Å². The zero-order valence-electron chi connectivity index (χ0n) is 21.8. The van der Waals surface area contributed by atoms with Gasteiger partial charge in [-0.15, -0.1) is 0 Å². The number of benzene rings is 2. The van der Waals surface area contributed by atoms with Crippen molar-refractivity contribution in [1.29, 1.82) is 0 Å². The lowest BCUT2D eigenvalue weighted by Crippen LogP contribution is -2.52. The average molecular weight is 552 g/mol. The van der Waals surface area contributed by atoms with Crippen molar-refractivity contribution in [1.82, 2.24) is 10.2 Å². The van der Waals surface area contributed by atoms with Crippen LogP contribution in [0.5, 0.6) is 11.5 Å². The minimum absolute atomic E-state index is 0.0459. The van der Waals surface area contributed by atoms with Crippen molar-refractivity contribution in [3.05, 3.63) is 53.1 Å². The summed E-state index contributed by atoms with van der Waals surface area (Å²) >= 11 is 6.13. The summed E-state index contributed by atoms with van der Waals surface area (Å²) < 4.78 is 37.0. The van der Waals surface area contributed by atoms with Crippen LogP contribution in [0.15, 0.2) is 42.5 Å². The fraction of sp³-hybridized carbons (Fsp3) is 0.462. The van der Waals surface area contributed by atoms with Crippen LogP contribution in [0.2, 0.25) is 5.02 Å². The second kappa shape index (κ2) is 11.6. The Morgan fingerprint density at radius 1 is 1.11 bits per heavy atom. The van der Waals surface area contributed by atoms with E-state index in [-0.39, 0.29) is 44.5 Å². The summed E-state index contributed by atoms with van der Waals surface area (Å²) in [6, 6.07) is 11.3. The number of ether oxygens (including phenoxy) is 2. The van der Waals surface area contributed by atoms with Gasteiger partial charge < -0.3 is 19.7 Å². The maximum atomic E-state index is 13.4. The monoisotopic (exact) mass is 551 g/mol. The van der Waals surface area contributed by atoms with Gasteiger partial charge in [-0.3, -0.25) is 13.9 Å². The number of carbonyl (C=O) groups is 2. The van der Waals surface area contributed by atoms with E-state index in [0.717, 1.165) is 11.8 Å². The third-order valence-electron chi connectivity index (χ3n) is 5.70. The Kier molecular flexibility index (Phi) is 8.96. The van der Waals surface area contributed by atoms with E-state index < -0.39 is 21.6 Å². The molecule has 37 heavy (non-hydrogen) atoms. The smallest absolute Gasteiger partial charge is 0.242 e. The van der Waals surface area contributed by atoms with E-state index in [1.54, 1.807) is 43.3 Å². The van der Waals surface area contributed by atoms with E-state index in [4.69, 9.17) is 21.1 Å². The highest BCUT2D eigenvalue weighted by Crippen LogP contribution is 2.36. The molecule has 0 unspecified atom stereocenters. The molecule has 0 aromatic heterocycles. The topological polar surface area (TPSA) is 105 Å². The molecule has 0 fully saturated rings. The number of nitrogens with one attached hydrogen (secondary N) is 1. The molecule has 11 heteroatoms.